The summed E-state index contributed by atoms with van der Waals surface area (Å²) in [5.41, 5.74) is 0.966. The minimum Gasteiger partial charge on any atom is -0.468 e. The van der Waals surface area contributed by atoms with Gasteiger partial charge in [0, 0.05) is 17.2 Å². The van der Waals surface area contributed by atoms with Gasteiger partial charge in [0.1, 0.15) is 0 Å². The first-order valence-corrected chi connectivity index (χ1v) is 7.95. The third-order valence-corrected chi connectivity index (χ3v) is 4.46. The molecule has 0 radical (unpaired) electrons. The molecule has 0 fully saturated rings. The van der Waals surface area contributed by atoms with Gasteiger partial charge in [-0.25, -0.2) is 0 Å². The van der Waals surface area contributed by atoms with Gasteiger partial charge in [-0.15, -0.1) is 11.8 Å². The first-order chi connectivity index (χ1) is 10.2. The van der Waals surface area contributed by atoms with Crippen LogP contribution < -0.4 is 4.90 Å². The van der Waals surface area contributed by atoms with E-state index in [2.05, 4.69) is 4.74 Å². The maximum Gasteiger partial charge on any atom is 0.319 e. The van der Waals surface area contributed by atoms with Crippen molar-refractivity contribution < 1.29 is 14.3 Å². The van der Waals surface area contributed by atoms with Crippen molar-refractivity contribution in [2.75, 3.05) is 43.9 Å². The van der Waals surface area contributed by atoms with Crippen LogP contribution in [-0.4, -0.2) is 55.8 Å². The molecule has 21 heavy (non-hydrogen) atoms. The van der Waals surface area contributed by atoms with Crippen LogP contribution in [-0.2, 0) is 14.3 Å². The van der Waals surface area contributed by atoms with Gasteiger partial charge in [-0.1, -0.05) is 19.1 Å². The Morgan fingerprint density at radius 2 is 2.10 bits per heavy atom. The number of hydrogen-bond donors (Lipinski definition) is 0. The van der Waals surface area contributed by atoms with Crippen molar-refractivity contribution >= 4 is 29.3 Å². The number of benzene rings is 1. The number of anilines is 1. The Bertz CT molecular complexity index is 521. The van der Waals surface area contributed by atoms with Crippen LogP contribution in [0.5, 0.6) is 0 Å². The van der Waals surface area contributed by atoms with E-state index in [1.165, 1.54) is 7.11 Å². The highest BCUT2D eigenvalue weighted by Crippen LogP contribution is 2.34. The molecule has 1 heterocycles. The topological polar surface area (TPSA) is 49.9 Å². The molecule has 0 saturated heterocycles. The zero-order valence-corrected chi connectivity index (χ0v) is 13.2. The molecule has 1 aliphatic heterocycles. The predicted octanol–water partition coefficient (Wildman–Crippen LogP) is 1.62. The highest BCUT2D eigenvalue weighted by Gasteiger charge is 2.24. The quantitative estimate of drug-likeness (QED) is 0.774. The summed E-state index contributed by atoms with van der Waals surface area (Å²) in [6.45, 7) is 3.63. The lowest BCUT2D eigenvalue weighted by atomic mass is 10.2. The summed E-state index contributed by atoms with van der Waals surface area (Å²) in [6.07, 6.45) is 0. The van der Waals surface area contributed by atoms with Gasteiger partial charge in [0.05, 0.1) is 25.9 Å². The zero-order valence-electron chi connectivity index (χ0n) is 12.4. The number of nitrogens with zero attached hydrogens (tertiary/aromatic N) is 2. The summed E-state index contributed by atoms with van der Waals surface area (Å²) in [6, 6.07) is 7.92. The number of carbonyl (C=O) groups excluding carboxylic acids is 2. The van der Waals surface area contributed by atoms with E-state index >= 15 is 0 Å². The van der Waals surface area contributed by atoms with E-state index in [-0.39, 0.29) is 25.0 Å². The number of hydrogen-bond acceptors (Lipinski definition) is 5. The second-order valence-electron chi connectivity index (χ2n) is 4.74. The Hall–Kier alpha value is -1.53. The summed E-state index contributed by atoms with van der Waals surface area (Å²) in [5.74, 6) is 0.596. The Kier molecular flexibility index (Phi) is 5.64. The number of para-hydroxylation sites is 1. The van der Waals surface area contributed by atoms with Crippen LogP contribution in [0.15, 0.2) is 29.2 Å². The number of carbonyl (C=O) groups is 2. The lowest BCUT2D eigenvalue weighted by Gasteiger charge is -2.30. The first-order valence-electron chi connectivity index (χ1n) is 6.97. The van der Waals surface area contributed by atoms with E-state index < -0.39 is 0 Å². The van der Waals surface area contributed by atoms with Crippen molar-refractivity contribution in [3.63, 3.8) is 0 Å². The van der Waals surface area contributed by atoms with Gasteiger partial charge in [0.2, 0.25) is 5.91 Å². The van der Waals surface area contributed by atoms with E-state index in [0.29, 0.717) is 13.1 Å². The molecule has 2 rings (SSSR count). The molecule has 0 spiro atoms. The van der Waals surface area contributed by atoms with E-state index in [9.17, 15) is 9.59 Å². The number of methoxy groups -OCH3 is 1. The van der Waals surface area contributed by atoms with Crippen molar-refractivity contribution in [1.29, 1.82) is 0 Å². The van der Waals surface area contributed by atoms with Gasteiger partial charge in [0.15, 0.2) is 0 Å². The smallest absolute Gasteiger partial charge is 0.319 e. The standard InChI is InChI=1S/C15H20N2O3S/c1-3-16(11-15(19)20-2)10-14(18)17-8-9-21-13-7-5-4-6-12(13)17/h4-7H,3,8-11H2,1-2H3. The molecule has 1 aliphatic rings. The highest BCUT2D eigenvalue weighted by molar-refractivity contribution is 7.99. The Morgan fingerprint density at radius 1 is 1.33 bits per heavy atom. The minimum atomic E-state index is -0.320. The van der Waals surface area contributed by atoms with Crippen LogP contribution in [0.4, 0.5) is 5.69 Å². The summed E-state index contributed by atoms with van der Waals surface area (Å²) < 4.78 is 4.66. The molecule has 0 N–H and O–H groups in total. The fourth-order valence-electron chi connectivity index (χ4n) is 2.23. The predicted molar refractivity (Wildman–Crippen MR) is 83.6 cm³/mol. The third kappa shape index (κ3) is 3.98. The average molecular weight is 308 g/mol. The molecule has 6 heteroatoms. The number of likely N-dealkylation sites (N-methyl/N-ethyl adjacent to an activating group) is 1. The van der Waals surface area contributed by atoms with Crippen molar-refractivity contribution in [2.24, 2.45) is 0 Å². The molecule has 0 aromatic heterocycles. The molecular weight excluding hydrogens is 288 g/mol. The molecule has 0 unspecified atom stereocenters. The van der Waals surface area contributed by atoms with Crippen molar-refractivity contribution in [3.05, 3.63) is 24.3 Å². The lowest BCUT2D eigenvalue weighted by molar-refractivity contribution is -0.142. The number of amides is 1. The third-order valence-electron chi connectivity index (χ3n) is 3.42. The first kappa shape index (κ1) is 15.9. The zero-order chi connectivity index (χ0) is 15.2. The van der Waals surface area contributed by atoms with E-state index in [1.54, 1.807) is 16.7 Å². The van der Waals surface area contributed by atoms with E-state index in [0.717, 1.165) is 16.3 Å². The molecule has 0 aliphatic carbocycles. The number of rotatable bonds is 5. The molecule has 114 valence electrons. The van der Waals surface area contributed by atoms with Crippen LogP contribution in [0.3, 0.4) is 0 Å². The van der Waals surface area contributed by atoms with Crippen LogP contribution in [0, 0.1) is 0 Å². The SMILES string of the molecule is CCN(CC(=O)OC)CC(=O)N1CCSc2ccccc21. The van der Waals surface area contributed by atoms with Gasteiger partial charge in [-0.05, 0) is 18.7 Å². The van der Waals surface area contributed by atoms with E-state index in [4.69, 9.17) is 0 Å². The Labute approximate surface area is 129 Å². The van der Waals surface area contributed by atoms with Gasteiger partial charge < -0.3 is 9.64 Å². The second-order valence-corrected chi connectivity index (χ2v) is 5.88. The molecule has 0 atom stereocenters. The van der Waals surface area contributed by atoms with Crippen molar-refractivity contribution in [1.82, 2.24) is 4.90 Å². The van der Waals surface area contributed by atoms with Crippen LogP contribution in [0.2, 0.25) is 0 Å². The summed E-state index contributed by atoms with van der Waals surface area (Å²) >= 11 is 1.77. The Morgan fingerprint density at radius 3 is 2.81 bits per heavy atom. The Balaban J connectivity index is 2.05. The maximum absolute atomic E-state index is 12.5. The number of ether oxygens (including phenoxy) is 1. The number of fused-ring (bicyclic) bond motifs is 1. The summed E-state index contributed by atoms with van der Waals surface area (Å²) in [7, 11) is 1.36. The average Bonchev–Trinajstić information content (AvgIpc) is 2.53. The maximum atomic E-state index is 12.5. The molecule has 5 nitrogen and oxygen atoms in total. The second kappa shape index (κ2) is 7.47. The minimum absolute atomic E-state index is 0.0218. The van der Waals surface area contributed by atoms with Crippen molar-refractivity contribution in [2.45, 2.75) is 11.8 Å². The van der Waals surface area contributed by atoms with Gasteiger partial charge in [0.25, 0.3) is 0 Å². The van der Waals surface area contributed by atoms with Gasteiger partial charge in [-0.2, -0.15) is 0 Å². The molecule has 0 saturated carbocycles. The van der Waals surface area contributed by atoms with Gasteiger partial charge in [-0.3, -0.25) is 14.5 Å². The molecule has 1 aromatic carbocycles. The largest absolute Gasteiger partial charge is 0.468 e. The molecule has 1 amide bonds. The van der Waals surface area contributed by atoms with E-state index in [1.807, 2.05) is 36.1 Å². The monoisotopic (exact) mass is 308 g/mol. The summed E-state index contributed by atoms with van der Waals surface area (Å²) in [5, 5.41) is 0. The summed E-state index contributed by atoms with van der Waals surface area (Å²) in [4.78, 5) is 28.6. The molecular formula is C15H20N2O3S. The van der Waals surface area contributed by atoms with Crippen LogP contribution in [0.1, 0.15) is 6.92 Å². The fourth-order valence-corrected chi connectivity index (χ4v) is 3.23. The highest BCUT2D eigenvalue weighted by atomic mass is 32.2. The lowest BCUT2D eigenvalue weighted by Crippen LogP contribution is -2.44. The van der Waals surface area contributed by atoms with Gasteiger partial charge >= 0.3 is 5.97 Å². The van der Waals surface area contributed by atoms with Crippen LogP contribution >= 0.6 is 11.8 Å². The normalized spacial score (nSPS) is 14.0. The fraction of sp³-hybridized carbons (Fsp3) is 0.467. The molecule has 1 aromatic rings. The molecule has 0 bridgehead atoms. The van der Waals surface area contributed by atoms with Crippen molar-refractivity contribution in [3.8, 4) is 0 Å². The number of thioether (sulfide) groups is 1. The van der Waals surface area contributed by atoms with Crippen LogP contribution in [0.25, 0.3) is 0 Å². The number of esters is 1.